The summed E-state index contributed by atoms with van der Waals surface area (Å²) in [6, 6.07) is 6.42. The van der Waals surface area contributed by atoms with Crippen molar-refractivity contribution in [1.82, 2.24) is 4.98 Å². The Morgan fingerprint density at radius 3 is 2.55 bits per heavy atom. The van der Waals surface area contributed by atoms with Gasteiger partial charge in [-0.15, -0.1) is 0 Å². The highest BCUT2D eigenvalue weighted by molar-refractivity contribution is 6.04. The van der Waals surface area contributed by atoms with E-state index in [4.69, 9.17) is 5.73 Å². The van der Waals surface area contributed by atoms with Gasteiger partial charge in [0.1, 0.15) is 11.6 Å². The Morgan fingerprint density at radius 1 is 1.20 bits per heavy atom. The van der Waals surface area contributed by atoms with Crippen molar-refractivity contribution in [3.05, 3.63) is 52.5 Å². The molecule has 0 spiro atoms. The number of hydrogen-bond donors (Lipinski definition) is 2. The second-order valence-corrected chi connectivity index (χ2v) is 4.82. The number of carbonyl (C=O) groups excluding carboxylic acids is 1. The van der Waals surface area contributed by atoms with Gasteiger partial charge in [-0.2, -0.15) is 0 Å². The van der Waals surface area contributed by atoms with Gasteiger partial charge in [0.15, 0.2) is 0 Å². The third-order valence-corrected chi connectivity index (χ3v) is 2.86. The molecule has 20 heavy (non-hydrogen) atoms. The molecule has 2 rings (SSSR count). The number of hydrogen-bond acceptors (Lipinski definition) is 3. The van der Waals surface area contributed by atoms with Crippen LogP contribution in [0.3, 0.4) is 0 Å². The molecule has 0 unspecified atom stereocenters. The molecule has 0 saturated carbocycles. The number of aromatic nitrogens is 1. The van der Waals surface area contributed by atoms with Gasteiger partial charge in [-0.3, -0.25) is 4.79 Å². The van der Waals surface area contributed by atoms with Gasteiger partial charge in [0, 0.05) is 11.4 Å². The number of pyridine rings is 1. The second-order valence-electron chi connectivity index (χ2n) is 4.82. The van der Waals surface area contributed by atoms with Gasteiger partial charge in [-0.25, -0.2) is 9.37 Å². The molecule has 4 nitrogen and oxygen atoms in total. The molecule has 0 aliphatic heterocycles. The summed E-state index contributed by atoms with van der Waals surface area (Å²) in [5.74, 6) is -0.733. The molecule has 0 fully saturated rings. The number of nitrogens with zero attached hydrogens (tertiary/aromatic N) is 1. The Balaban J connectivity index is 2.33. The molecule has 1 heterocycles. The zero-order valence-electron chi connectivity index (χ0n) is 11.6. The molecule has 0 atom stereocenters. The lowest BCUT2D eigenvalue weighted by Crippen LogP contribution is -2.16. The molecular formula is C15H16FN3O. The molecule has 0 saturated heterocycles. The summed E-state index contributed by atoms with van der Waals surface area (Å²) in [5.41, 5.74) is 8.00. The number of halogens is 1. The van der Waals surface area contributed by atoms with Crippen LogP contribution in [0.2, 0.25) is 0 Å². The summed E-state index contributed by atoms with van der Waals surface area (Å²) >= 11 is 0. The molecule has 0 aliphatic rings. The lowest BCUT2D eigenvalue weighted by atomic mass is 10.1. The molecule has 1 aromatic heterocycles. The van der Waals surface area contributed by atoms with Gasteiger partial charge in [-0.1, -0.05) is 0 Å². The number of benzene rings is 1. The van der Waals surface area contributed by atoms with Gasteiger partial charge >= 0.3 is 0 Å². The van der Waals surface area contributed by atoms with E-state index in [0.717, 1.165) is 11.3 Å². The van der Waals surface area contributed by atoms with E-state index in [9.17, 15) is 9.18 Å². The zero-order valence-corrected chi connectivity index (χ0v) is 11.6. The van der Waals surface area contributed by atoms with Crippen LogP contribution in [0, 0.1) is 26.6 Å². The summed E-state index contributed by atoms with van der Waals surface area (Å²) in [7, 11) is 0. The van der Waals surface area contributed by atoms with Crippen LogP contribution in [0.15, 0.2) is 24.3 Å². The van der Waals surface area contributed by atoms with Gasteiger partial charge in [-0.05, 0) is 56.2 Å². The highest BCUT2D eigenvalue weighted by Gasteiger charge is 2.15. The number of amides is 1. The zero-order chi connectivity index (χ0) is 14.9. The highest BCUT2D eigenvalue weighted by Crippen LogP contribution is 2.18. The minimum Gasteiger partial charge on any atom is -0.399 e. The van der Waals surface area contributed by atoms with Gasteiger partial charge in [0.25, 0.3) is 5.91 Å². The fourth-order valence-electron chi connectivity index (χ4n) is 2.05. The van der Waals surface area contributed by atoms with Gasteiger partial charge < -0.3 is 11.1 Å². The Labute approximate surface area is 116 Å². The first-order valence-corrected chi connectivity index (χ1v) is 6.19. The predicted octanol–water partition coefficient (Wildman–Crippen LogP) is 2.98. The number of nitrogen functional groups attached to an aromatic ring is 1. The summed E-state index contributed by atoms with van der Waals surface area (Å²) in [4.78, 5) is 16.3. The molecular weight excluding hydrogens is 257 g/mol. The molecule has 0 radical (unpaired) electrons. The smallest absolute Gasteiger partial charge is 0.259 e. The number of rotatable bonds is 2. The number of nitrogens with one attached hydrogen (secondary N) is 1. The monoisotopic (exact) mass is 273 g/mol. The van der Waals surface area contributed by atoms with Crippen molar-refractivity contribution in [3.8, 4) is 0 Å². The Kier molecular flexibility index (Phi) is 3.70. The Hall–Kier alpha value is -2.43. The lowest BCUT2D eigenvalue weighted by Gasteiger charge is -2.09. The van der Waals surface area contributed by atoms with Crippen LogP contribution < -0.4 is 11.1 Å². The van der Waals surface area contributed by atoms with E-state index in [0.29, 0.717) is 17.1 Å². The quantitative estimate of drug-likeness (QED) is 0.826. The third kappa shape index (κ3) is 2.93. The molecule has 0 bridgehead atoms. The van der Waals surface area contributed by atoms with Crippen LogP contribution in [0.1, 0.15) is 27.2 Å². The predicted molar refractivity (Wildman–Crippen MR) is 77.2 cm³/mol. The van der Waals surface area contributed by atoms with E-state index < -0.39 is 11.7 Å². The van der Waals surface area contributed by atoms with Crippen LogP contribution in [0.25, 0.3) is 0 Å². The number of nitrogens with two attached hydrogens (primary N) is 1. The van der Waals surface area contributed by atoms with Crippen molar-refractivity contribution in [2.75, 3.05) is 11.1 Å². The van der Waals surface area contributed by atoms with Crippen LogP contribution in [0.4, 0.5) is 15.9 Å². The maximum absolute atomic E-state index is 14.0. The van der Waals surface area contributed by atoms with Crippen molar-refractivity contribution >= 4 is 17.4 Å². The van der Waals surface area contributed by atoms with Crippen molar-refractivity contribution in [1.29, 1.82) is 0 Å². The fourth-order valence-corrected chi connectivity index (χ4v) is 2.05. The molecule has 2 aromatic rings. The topological polar surface area (TPSA) is 68.0 Å². The van der Waals surface area contributed by atoms with Crippen molar-refractivity contribution in [2.45, 2.75) is 20.8 Å². The maximum atomic E-state index is 14.0. The number of anilines is 2. The normalized spacial score (nSPS) is 10.4. The van der Waals surface area contributed by atoms with Crippen LogP contribution in [-0.2, 0) is 0 Å². The Morgan fingerprint density at radius 2 is 1.90 bits per heavy atom. The molecule has 104 valence electrons. The molecule has 0 aliphatic carbocycles. The van der Waals surface area contributed by atoms with Crippen molar-refractivity contribution < 1.29 is 9.18 Å². The Bertz CT molecular complexity index is 663. The van der Waals surface area contributed by atoms with Crippen LogP contribution >= 0.6 is 0 Å². The summed E-state index contributed by atoms with van der Waals surface area (Å²) in [6.07, 6.45) is 0. The molecule has 5 heteroatoms. The largest absolute Gasteiger partial charge is 0.399 e. The lowest BCUT2D eigenvalue weighted by molar-refractivity contribution is 0.102. The van der Waals surface area contributed by atoms with Gasteiger partial charge in [0.05, 0.1) is 5.56 Å². The standard InChI is InChI=1S/C15H16FN3O/c1-8-4-10(3)18-13(5-8)19-15(20)12-7-11(17)6-9(2)14(12)16/h4-7H,17H2,1-3H3,(H,18,19,20). The minimum absolute atomic E-state index is 0.0801. The minimum atomic E-state index is -0.568. The number of carbonyl (C=O) groups is 1. The van der Waals surface area contributed by atoms with E-state index in [1.54, 1.807) is 13.0 Å². The summed E-state index contributed by atoms with van der Waals surface area (Å²) in [5, 5.41) is 2.59. The molecule has 1 aromatic carbocycles. The highest BCUT2D eigenvalue weighted by atomic mass is 19.1. The fraction of sp³-hybridized carbons (Fsp3) is 0.200. The molecule has 1 amide bonds. The van der Waals surface area contributed by atoms with Crippen LogP contribution in [0.5, 0.6) is 0 Å². The number of aryl methyl sites for hydroxylation is 3. The summed E-state index contributed by atoms with van der Waals surface area (Å²) in [6.45, 7) is 5.29. The van der Waals surface area contributed by atoms with Crippen molar-refractivity contribution in [2.24, 2.45) is 0 Å². The van der Waals surface area contributed by atoms with E-state index in [-0.39, 0.29) is 5.56 Å². The second kappa shape index (κ2) is 5.28. The van der Waals surface area contributed by atoms with E-state index in [1.165, 1.54) is 12.1 Å². The van der Waals surface area contributed by atoms with Crippen molar-refractivity contribution in [3.63, 3.8) is 0 Å². The first kappa shape index (κ1) is 14.0. The molecule has 3 N–H and O–H groups in total. The van der Waals surface area contributed by atoms with E-state index in [1.807, 2.05) is 19.9 Å². The first-order valence-electron chi connectivity index (χ1n) is 6.19. The van der Waals surface area contributed by atoms with Crippen LogP contribution in [-0.4, -0.2) is 10.9 Å². The van der Waals surface area contributed by atoms with E-state index >= 15 is 0 Å². The van der Waals surface area contributed by atoms with E-state index in [2.05, 4.69) is 10.3 Å². The first-order chi connectivity index (χ1) is 9.36. The van der Waals surface area contributed by atoms with Gasteiger partial charge in [0.2, 0.25) is 0 Å². The SMILES string of the molecule is Cc1cc(C)nc(NC(=O)c2cc(N)cc(C)c2F)c1. The average molecular weight is 273 g/mol. The average Bonchev–Trinajstić information content (AvgIpc) is 2.32. The summed E-state index contributed by atoms with van der Waals surface area (Å²) < 4.78 is 14.0. The third-order valence-electron chi connectivity index (χ3n) is 2.86. The maximum Gasteiger partial charge on any atom is 0.259 e.